The number of benzene rings is 1. The molecule has 10 nitrogen and oxygen atoms in total. The number of hydrogen-bond acceptors (Lipinski definition) is 8. The van der Waals surface area contributed by atoms with E-state index in [1.807, 2.05) is 26.0 Å². The zero-order valence-corrected chi connectivity index (χ0v) is 19.8. The SMILES string of the molecule is Cc1cc(C(C)Nc2ccc(Cl)nc2-c2nnco2)c2c(c1)c(=O)n1c3c2cnn3C(CO)CC1. The number of hydrogen-bond donors (Lipinski definition) is 2. The standard InChI is InChI=1S/C24H22ClN7O3/c1-12-7-15(13(2)28-18-3-4-19(25)29-21(18)22-30-26-11-35-22)20-16(8-12)24(34)31-6-5-14(10-33)32-23(31)17(20)9-27-32/h3-4,7-9,11,13-14,28,33H,5-6,10H2,1-2H3. The zero-order chi connectivity index (χ0) is 24.3. The summed E-state index contributed by atoms with van der Waals surface area (Å²) in [6.45, 7) is 4.52. The summed E-state index contributed by atoms with van der Waals surface area (Å²) in [4.78, 5) is 17.9. The van der Waals surface area contributed by atoms with Crippen LogP contribution in [0.25, 0.3) is 33.4 Å². The molecule has 0 saturated carbocycles. The molecule has 0 spiro atoms. The van der Waals surface area contributed by atoms with Gasteiger partial charge in [0.15, 0.2) is 5.69 Å². The minimum Gasteiger partial charge on any atom is -0.422 e. The number of halogens is 1. The molecule has 2 N–H and O–H groups in total. The summed E-state index contributed by atoms with van der Waals surface area (Å²) in [5, 5.41) is 28.3. The first-order valence-corrected chi connectivity index (χ1v) is 11.7. The molecule has 35 heavy (non-hydrogen) atoms. The van der Waals surface area contributed by atoms with Crippen molar-refractivity contribution in [3.8, 4) is 11.6 Å². The molecule has 1 aromatic carbocycles. The van der Waals surface area contributed by atoms with Crippen molar-refractivity contribution in [3.63, 3.8) is 0 Å². The number of fused-ring (bicyclic) bond motifs is 2. The van der Waals surface area contributed by atoms with E-state index in [2.05, 4.69) is 31.7 Å². The van der Waals surface area contributed by atoms with E-state index < -0.39 is 0 Å². The summed E-state index contributed by atoms with van der Waals surface area (Å²) in [6, 6.07) is 7.14. The first-order valence-electron chi connectivity index (χ1n) is 11.3. The molecular weight excluding hydrogens is 470 g/mol. The van der Waals surface area contributed by atoms with Crippen LogP contribution in [-0.2, 0) is 6.54 Å². The molecule has 1 aliphatic heterocycles. The molecule has 2 atom stereocenters. The summed E-state index contributed by atoms with van der Waals surface area (Å²) in [5.74, 6) is 0.250. The third-order valence-electron chi connectivity index (χ3n) is 6.59. The second-order valence-corrected chi connectivity index (χ2v) is 9.21. The Morgan fingerprint density at radius 1 is 1.31 bits per heavy atom. The van der Waals surface area contributed by atoms with Gasteiger partial charge in [-0.05, 0) is 49.6 Å². The fourth-order valence-electron chi connectivity index (χ4n) is 5.01. The maximum Gasteiger partial charge on any atom is 0.268 e. The van der Waals surface area contributed by atoms with Crippen molar-refractivity contribution in [1.82, 2.24) is 29.5 Å². The summed E-state index contributed by atoms with van der Waals surface area (Å²) >= 11 is 6.14. The van der Waals surface area contributed by atoms with E-state index >= 15 is 0 Å². The molecule has 6 rings (SSSR count). The van der Waals surface area contributed by atoms with Gasteiger partial charge in [0.2, 0.25) is 6.39 Å². The van der Waals surface area contributed by atoms with E-state index in [0.29, 0.717) is 34.9 Å². The highest BCUT2D eigenvalue weighted by molar-refractivity contribution is 6.29. The Kier molecular flexibility index (Phi) is 5.08. The highest BCUT2D eigenvalue weighted by Crippen LogP contribution is 2.36. The maximum atomic E-state index is 13.6. The average Bonchev–Trinajstić information content (AvgIpc) is 3.54. The van der Waals surface area contributed by atoms with Gasteiger partial charge in [-0.3, -0.25) is 9.36 Å². The van der Waals surface area contributed by atoms with Gasteiger partial charge in [0.05, 0.1) is 24.5 Å². The Morgan fingerprint density at radius 3 is 2.94 bits per heavy atom. The number of nitrogens with zero attached hydrogens (tertiary/aromatic N) is 6. The molecule has 1 aliphatic rings. The van der Waals surface area contributed by atoms with E-state index in [1.54, 1.807) is 21.5 Å². The van der Waals surface area contributed by atoms with Gasteiger partial charge in [0, 0.05) is 28.7 Å². The van der Waals surface area contributed by atoms with Gasteiger partial charge in [-0.1, -0.05) is 17.7 Å². The van der Waals surface area contributed by atoms with Crippen LogP contribution in [0.2, 0.25) is 5.15 Å². The summed E-state index contributed by atoms with van der Waals surface area (Å²) < 4.78 is 8.91. The van der Waals surface area contributed by atoms with Crippen molar-refractivity contribution in [2.45, 2.75) is 38.9 Å². The Bertz CT molecular complexity index is 1640. The molecule has 0 radical (unpaired) electrons. The van der Waals surface area contributed by atoms with Crippen LogP contribution in [0.4, 0.5) is 5.69 Å². The third-order valence-corrected chi connectivity index (χ3v) is 6.80. The van der Waals surface area contributed by atoms with Crippen molar-refractivity contribution in [3.05, 3.63) is 63.5 Å². The lowest BCUT2D eigenvalue weighted by atomic mass is 9.95. The molecular formula is C24H22ClN7O3. The fraction of sp³-hybridized carbons (Fsp3) is 0.292. The molecule has 11 heteroatoms. The zero-order valence-electron chi connectivity index (χ0n) is 19.1. The maximum absolute atomic E-state index is 13.6. The van der Waals surface area contributed by atoms with Crippen LogP contribution in [0.3, 0.4) is 0 Å². The minimum absolute atomic E-state index is 0.0241. The number of anilines is 1. The van der Waals surface area contributed by atoms with E-state index in [9.17, 15) is 9.90 Å². The summed E-state index contributed by atoms with van der Waals surface area (Å²) in [7, 11) is 0. The molecule has 0 bridgehead atoms. The van der Waals surface area contributed by atoms with Crippen molar-refractivity contribution in [1.29, 1.82) is 0 Å². The number of nitrogens with one attached hydrogen (secondary N) is 1. The third kappa shape index (κ3) is 3.40. The lowest BCUT2D eigenvalue weighted by molar-refractivity contribution is 0.200. The molecule has 5 aromatic rings. The van der Waals surface area contributed by atoms with Crippen molar-refractivity contribution in [2.75, 3.05) is 11.9 Å². The first kappa shape index (κ1) is 21.8. The van der Waals surface area contributed by atoms with Gasteiger partial charge < -0.3 is 14.8 Å². The molecule has 178 valence electrons. The van der Waals surface area contributed by atoms with Crippen molar-refractivity contribution < 1.29 is 9.52 Å². The smallest absolute Gasteiger partial charge is 0.268 e. The number of rotatable bonds is 5. The van der Waals surface area contributed by atoms with Gasteiger partial charge in [-0.25, -0.2) is 9.67 Å². The normalized spacial score (nSPS) is 16.2. The quantitative estimate of drug-likeness (QED) is 0.355. The Balaban J connectivity index is 1.54. The van der Waals surface area contributed by atoms with Gasteiger partial charge in [0.1, 0.15) is 10.8 Å². The van der Waals surface area contributed by atoms with Crippen LogP contribution < -0.4 is 10.9 Å². The highest BCUT2D eigenvalue weighted by atomic mass is 35.5. The number of aliphatic hydroxyl groups is 1. The lowest BCUT2D eigenvalue weighted by Crippen LogP contribution is -2.31. The number of pyridine rings is 2. The van der Waals surface area contributed by atoms with Gasteiger partial charge in [-0.15, -0.1) is 10.2 Å². The van der Waals surface area contributed by atoms with Crippen molar-refractivity contribution >= 4 is 39.1 Å². The van der Waals surface area contributed by atoms with E-state index in [0.717, 1.165) is 27.5 Å². The van der Waals surface area contributed by atoms with Gasteiger partial charge >= 0.3 is 0 Å². The molecule has 2 unspecified atom stereocenters. The van der Waals surface area contributed by atoms with Crippen LogP contribution >= 0.6 is 11.6 Å². The molecule has 4 aromatic heterocycles. The number of aliphatic hydroxyl groups excluding tert-OH is 1. The summed E-state index contributed by atoms with van der Waals surface area (Å²) in [6.07, 6.45) is 3.69. The fourth-order valence-corrected chi connectivity index (χ4v) is 5.16. The second-order valence-electron chi connectivity index (χ2n) is 8.83. The average molecular weight is 492 g/mol. The van der Waals surface area contributed by atoms with Crippen LogP contribution in [-0.4, -0.2) is 41.2 Å². The van der Waals surface area contributed by atoms with Gasteiger partial charge in [0.25, 0.3) is 11.4 Å². The highest BCUT2D eigenvalue weighted by Gasteiger charge is 2.27. The molecule has 0 amide bonds. The topological polar surface area (TPSA) is 124 Å². The Morgan fingerprint density at radius 2 is 2.17 bits per heavy atom. The molecule has 0 fully saturated rings. The minimum atomic E-state index is -0.222. The van der Waals surface area contributed by atoms with Gasteiger partial charge in [-0.2, -0.15) is 5.10 Å². The predicted molar refractivity (Wildman–Crippen MR) is 132 cm³/mol. The van der Waals surface area contributed by atoms with Crippen molar-refractivity contribution in [2.24, 2.45) is 0 Å². The van der Waals surface area contributed by atoms with E-state index in [1.165, 1.54) is 6.39 Å². The number of aryl methyl sites for hydroxylation is 2. The molecule has 0 saturated heterocycles. The second kappa shape index (κ2) is 8.17. The van der Waals surface area contributed by atoms with Crippen LogP contribution in [0.1, 0.15) is 36.6 Å². The van der Waals surface area contributed by atoms with Crippen LogP contribution in [0, 0.1) is 6.92 Å². The molecule has 0 aliphatic carbocycles. The predicted octanol–water partition coefficient (Wildman–Crippen LogP) is 3.87. The Labute approximate surface area is 204 Å². The molecule has 5 heterocycles. The lowest BCUT2D eigenvalue weighted by Gasteiger charge is -2.25. The largest absolute Gasteiger partial charge is 0.422 e. The summed E-state index contributed by atoms with van der Waals surface area (Å²) in [5.41, 5.74) is 3.73. The van der Waals surface area contributed by atoms with E-state index in [-0.39, 0.29) is 30.1 Å². The Hall–Kier alpha value is -3.76. The number of aromatic nitrogens is 6. The van der Waals surface area contributed by atoms with Crippen LogP contribution in [0.15, 0.2) is 46.1 Å². The monoisotopic (exact) mass is 491 g/mol. The van der Waals surface area contributed by atoms with Crippen LogP contribution in [0.5, 0.6) is 0 Å². The first-order chi connectivity index (χ1) is 17.0. The van der Waals surface area contributed by atoms with E-state index in [4.69, 9.17) is 16.0 Å².